The van der Waals surface area contributed by atoms with Crippen LogP contribution in [0, 0.1) is 5.95 Å². The van der Waals surface area contributed by atoms with E-state index in [-0.39, 0.29) is 0 Å². The number of aryl methyl sites for hydroxylation is 1. The number of aromatic nitrogens is 4. The van der Waals surface area contributed by atoms with E-state index in [2.05, 4.69) is 26.9 Å². The van der Waals surface area contributed by atoms with Gasteiger partial charge < -0.3 is 9.47 Å². The van der Waals surface area contributed by atoms with Gasteiger partial charge in [0, 0.05) is 38.4 Å². The van der Waals surface area contributed by atoms with Gasteiger partial charge in [0.1, 0.15) is 11.4 Å². The lowest BCUT2D eigenvalue weighted by molar-refractivity contribution is 0.584. The smallest absolute Gasteiger partial charge is 0.213 e. The fourth-order valence-corrected chi connectivity index (χ4v) is 2.58. The summed E-state index contributed by atoms with van der Waals surface area (Å²) < 4.78 is 15.2. The van der Waals surface area contributed by atoms with Crippen molar-refractivity contribution in [3.8, 4) is 11.5 Å². The van der Waals surface area contributed by atoms with Gasteiger partial charge in [-0.1, -0.05) is 13.0 Å². The van der Waals surface area contributed by atoms with E-state index < -0.39 is 5.95 Å². The van der Waals surface area contributed by atoms with E-state index >= 15 is 0 Å². The average molecular weight is 352 g/mol. The first kappa shape index (κ1) is 17.7. The molecule has 0 aliphatic heterocycles. The van der Waals surface area contributed by atoms with Gasteiger partial charge in [-0.2, -0.15) is 4.39 Å². The minimum absolute atomic E-state index is 0.492. The standard InChI is InChI=1S/C19H21FN6/c1-4-14-12-17(25(2)3)16(13-23-14)21-8-10-26-11-9-22-19(26)15-6-5-7-18(20)24-15/h5-9,11-13H,4,10H2,1-3H3. The summed E-state index contributed by atoms with van der Waals surface area (Å²) in [6, 6.07) is 6.71. The van der Waals surface area contributed by atoms with Gasteiger partial charge in [-0.05, 0) is 24.6 Å². The summed E-state index contributed by atoms with van der Waals surface area (Å²) in [6.45, 7) is 2.57. The molecule has 3 rings (SSSR count). The molecule has 3 aromatic rings. The SMILES string of the molecule is CCc1cc(N(C)C)c(N=CCn2ccnc2-c2cccc(F)n2)cn1. The Bertz CT molecular complexity index is 916. The molecule has 0 N–H and O–H groups in total. The topological polar surface area (TPSA) is 59.2 Å². The molecule has 0 spiro atoms. The van der Waals surface area contributed by atoms with Crippen LogP contribution in [0.1, 0.15) is 12.6 Å². The minimum atomic E-state index is -0.525. The number of anilines is 1. The Balaban J connectivity index is 1.81. The van der Waals surface area contributed by atoms with Gasteiger partial charge in [-0.25, -0.2) is 9.97 Å². The summed E-state index contributed by atoms with van der Waals surface area (Å²) >= 11 is 0. The van der Waals surface area contributed by atoms with Crippen LogP contribution in [0.2, 0.25) is 0 Å². The normalized spacial score (nSPS) is 11.2. The number of hydrogen-bond donors (Lipinski definition) is 0. The van der Waals surface area contributed by atoms with Crippen LogP contribution in [0.25, 0.3) is 11.5 Å². The average Bonchev–Trinajstić information content (AvgIpc) is 3.10. The molecule has 0 unspecified atom stereocenters. The highest BCUT2D eigenvalue weighted by Crippen LogP contribution is 2.27. The molecule has 0 saturated heterocycles. The van der Waals surface area contributed by atoms with Gasteiger partial charge in [-0.15, -0.1) is 0 Å². The zero-order valence-corrected chi connectivity index (χ0v) is 15.1. The second kappa shape index (κ2) is 7.86. The van der Waals surface area contributed by atoms with Crippen LogP contribution < -0.4 is 4.90 Å². The van der Waals surface area contributed by atoms with Crippen LogP contribution in [-0.2, 0) is 13.0 Å². The third-order valence-electron chi connectivity index (χ3n) is 3.93. The third-order valence-corrected chi connectivity index (χ3v) is 3.93. The molecule has 3 heterocycles. The molecule has 6 nitrogen and oxygen atoms in total. The summed E-state index contributed by atoms with van der Waals surface area (Å²) in [4.78, 5) is 19.2. The highest BCUT2D eigenvalue weighted by atomic mass is 19.1. The molecule has 0 aliphatic carbocycles. The maximum Gasteiger partial charge on any atom is 0.213 e. The first-order chi connectivity index (χ1) is 12.6. The summed E-state index contributed by atoms with van der Waals surface area (Å²) in [5.74, 6) is 0.0756. The molecule has 0 fully saturated rings. The highest BCUT2D eigenvalue weighted by Gasteiger charge is 2.08. The predicted octanol–water partition coefficient (Wildman–Crippen LogP) is 3.51. The number of imidazole rings is 1. The fourth-order valence-electron chi connectivity index (χ4n) is 2.58. The number of rotatable bonds is 6. The zero-order chi connectivity index (χ0) is 18.5. The van der Waals surface area contributed by atoms with Crippen molar-refractivity contribution >= 4 is 17.6 Å². The highest BCUT2D eigenvalue weighted by molar-refractivity contribution is 5.72. The summed E-state index contributed by atoms with van der Waals surface area (Å²) in [5.41, 5.74) is 3.34. The van der Waals surface area contributed by atoms with Gasteiger partial charge in [0.25, 0.3) is 0 Å². The van der Waals surface area contributed by atoms with Crippen LogP contribution in [0.5, 0.6) is 0 Å². The number of hydrogen-bond acceptors (Lipinski definition) is 5. The molecule has 7 heteroatoms. The van der Waals surface area contributed by atoms with Gasteiger partial charge in [0.15, 0.2) is 5.82 Å². The first-order valence-electron chi connectivity index (χ1n) is 8.41. The Labute approximate surface area is 152 Å². The molecule has 0 amide bonds. The summed E-state index contributed by atoms with van der Waals surface area (Å²) in [7, 11) is 3.97. The van der Waals surface area contributed by atoms with Crippen LogP contribution in [0.15, 0.2) is 47.8 Å². The Kier molecular flexibility index (Phi) is 5.36. The molecule has 0 atom stereocenters. The van der Waals surface area contributed by atoms with Crippen molar-refractivity contribution in [2.75, 3.05) is 19.0 Å². The quantitative estimate of drug-likeness (QED) is 0.503. The second-order valence-corrected chi connectivity index (χ2v) is 5.97. The number of pyridine rings is 2. The summed E-state index contributed by atoms with van der Waals surface area (Å²) in [5, 5.41) is 0. The molecule has 3 aromatic heterocycles. The van der Waals surface area contributed by atoms with Gasteiger partial charge >= 0.3 is 0 Å². The molecule has 0 aromatic carbocycles. The predicted molar refractivity (Wildman–Crippen MR) is 102 cm³/mol. The zero-order valence-electron chi connectivity index (χ0n) is 15.1. The maximum absolute atomic E-state index is 13.4. The van der Waals surface area contributed by atoms with Crippen LogP contribution >= 0.6 is 0 Å². The van der Waals surface area contributed by atoms with Gasteiger partial charge in [-0.3, -0.25) is 9.98 Å². The van der Waals surface area contributed by atoms with E-state index in [9.17, 15) is 4.39 Å². The van der Waals surface area contributed by atoms with E-state index in [1.807, 2.05) is 35.8 Å². The Hall–Kier alpha value is -3.09. The molecule has 0 aliphatic rings. The minimum Gasteiger partial charge on any atom is -0.376 e. The lowest BCUT2D eigenvalue weighted by atomic mass is 10.2. The van der Waals surface area contributed by atoms with Crippen LogP contribution in [0.4, 0.5) is 15.8 Å². The van der Waals surface area contributed by atoms with Crippen molar-refractivity contribution in [1.82, 2.24) is 19.5 Å². The lowest BCUT2D eigenvalue weighted by Gasteiger charge is -2.15. The number of nitrogens with zero attached hydrogens (tertiary/aromatic N) is 6. The van der Waals surface area contributed by atoms with Gasteiger partial charge in [0.2, 0.25) is 5.95 Å². The summed E-state index contributed by atoms with van der Waals surface area (Å²) in [6.07, 6.45) is 7.94. The van der Waals surface area contributed by atoms with E-state index in [1.165, 1.54) is 6.07 Å². The molecule has 0 saturated carbocycles. The van der Waals surface area contributed by atoms with E-state index in [1.54, 1.807) is 30.7 Å². The molecule has 0 radical (unpaired) electrons. The fraction of sp³-hybridized carbons (Fsp3) is 0.263. The van der Waals surface area contributed by atoms with E-state index in [0.29, 0.717) is 18.1 Å². The molecular formula is C19H21FN6. The molecular weight excluding hydrogens is 331 g/mol. The second-order valence-electron chi connectivity index (χ2n) is 5.97. The van der Waals surface area contributed by atoms with Crippen molar-refractivity contribution < 1.29 is 4.39 Å². The maximum atomic E-state index is 13.4. The van der Waals surface area contributed by atoms with Crippen molar-refractivity contribution in [1.29, 1.82) is 0 Å². The van der Waals surface area contributed by atoms with Crippen LogP contribution in [-0.4, -0.2) is 39.8 Å². The van der Waals surface area contributed by atoms with E-state index in [0.717, 1.165) is 23.5 Å². The van der Waals surface area contributed by atoms with Crippen molar-refractivity contribution in [2.24, 2.45) is 4.99 Å². The number of aliphatic imine (C=N–C) groups is 1. The molecule has 0 bridgehead atoms. The molecule has 26 heavy (non-hydrogen) atoms. The first-order valence-corrected chi connectivity index (χ1v) is 8.41. The monoisotopic (exact) mass is 352 g/mol. The van der Waals surface area contributed by atoms with Crippen molar-refractivity contribution in [2.45, 2.75) is 19.9 Å². The molecule has 134 valence electrons. The van der Waals surface area contributed by atoms with Crippen molar-refractivity contribution in [3.05, 3.63) is 54.5 Å². The third kappa shape index (κ3) is 3.93. The van der Waals surface area contributed by atoms with E-state index in [4.69, 9.17) is 0 Å². The Morgan fingerprint density at radius 1 is 1.27 bits per heavy atom. The largest absolute Gasteiger partial charge is 0.376 e. The lowest BCUT2D eigenvalue weighted by Crippen LogP contribution is -2.10. The van der Waals surface area contributed by atoms with Crippen molar-refractivity contribution in [3.63, 3.8) is 0 Å². The Morgan fingerprint density at radius 3 is 2.85 bits per heavy atom. The Morgan fingerprint density at radius 2 is 2.12 bits per heavy atom. The van der Waals surface area contributed by atoms with Gasteiger partial charge in [0.05, 0.1) is 18.4 Å². The number of halogens is 1. The van der Waals surface area contributed by atoms with Crippen LogP contribution in [0.3, 0.4) is 0 Å².